The van der Waals surface area contributed by atoms with E-state index in [4.69, 9.17) is 0 Å². The molecule has 0 fully saturated rings. The van der Waals surface area contributed by atoms with Crippen molar-refractivity contribution in [3.8, 4) is 28.1 Å². The summed E-state index contributed by atoms with van der Waals surface area (Å²) in [4.78, 5) is 12.9. The minimum Gasteiger partial charge on any atom is -0.265 e. The molecule has 0 aliphatic carbocycles. The molecule has 5 nitrogen and oxygen atoms in total. The summed E-state index contributed by atoms with van der Waals surface area (Å²) >= 11 is 3.44. The van der Waals surface area contributed by atoms with Gasteiger partial charge in [-0.2, -0.15) is 10.2 Å². The summed E-state index contributed by atoms with van der Waals surface area (Å²) in [5.41, 5.74) is 9.82. The van der Waals surface area contributed by atoms with Gasteiger partial charge in [-0.1, -0.05) is 100 Å². The SMILES string of the molecule is Cc1ccc(-n2nc(C(=O)N/N=C\c3cccc(Br)c3)cc2-c2ccc(-c3ccccc3)cc2)cc1. The van der Waals surface area contributed by atoms with E-state index in [0.717, 1.165) is 43.7 Å². The van der Waals surface area contributed by atoms with E-state index in [1.165, 1.54) is 0 Å². The Hall–Kier alpha value is -4.29. The maximum absolute atomic E-state index is 12.9. The van der Waals surface area contributed by atoms with Crippen LogP contribution in [0.4, 0.5) is 0 Å². The molecule has 0 aliphatic rings. The first-order valence-electron chi connectivity index (χ1n) is 11.5. The molecule has 4 aromatic carbocycles. The summed E-state index contributed by atoms with van der Waals surface area (Å²) in [5.74, 6) is -0.380. The Labute approximate surface area is 218 Å². The maximum atomic E-state index is 12.9. The van der Waals surface area contributed by atoms with Crippen molar-refractivity contribution in [2.45, 2.75) is 6.92 Å². The predicted octanol–water partition coefficient (Wildman–Crippen LogP) is 7.04. The Morgan fingerprint density at radius 2 is 1.53 bits per heavy atom. The highest BCUT2D eigenvalue weighted by molar-refractivity contribution is 9.10. The average Bonchev–Trinajstić information content (AvgIpc) is 3.35. The number of amides is 1. The van der Waals surface area contributed by atoms with Crippen LogP contribution in [0.3, 0.4) is 0 Å². The monoisotopic (exact) mass is 534 g/mol. The van der Waals surface area contributed by atoms with E-state index in [-0.39, 0.29) is 11.6 Å². The number of hydrogen-bond donors (Lipinski definition) is 1. The third-order valence-corrected chi connectivity index (χ3v) is 6.23. The lowest BCUT2D eigenvalue weighted by atomic mass is 10.0. The van der Waals surface area contributed by atoms with E-state index in [1.54, 1.807) is 17.0 Å². The van der Waals surface area contributed by atoms with Crippen molar-refractivity contribution in [3.05, 3.63) is 130 Å². The number of hydrazone groups is 1. The van der Waals surface area contributed by atoms with Crippen molar-refractivity contribution in [1.29, 1.82) is 0 Å². The molecule has 0 spiro atoms. The number of benzene rings is 4. The van der Waals surface area contributed by atoms with Gasteiger partial charge >= 0.3 is 0 Å². The van der Waals surface area contributed by atoms with Crippen molar-refractivity contribution in [2.75, 3.05) is 0 Å². The van der Waals surface area contributed by atoms with Gasteiger partial charge in [0.15, 0.2) is 5.69 Å². The quantitative estimate of drug-likeness (QED) is 0.187. The van der Waals surface area contributed by atoms with Crippen molar-refractivity contribution >= 4 is 28.1 Å². The summed E-state index contributed by atoms with van der Waals surface area (Å²) in [7, 11) is 0. The zero-order chi connectivity index (χ0) is 24.9. The second-order valence-electron chi connectivity index (χ2n) is 8.36. The van der Waals surface area contributed by atoms with E-state index in [9.17, 15) is 4.79 Å². The highest BCUT2D eigenvalue weighted by Gasteiger charge is 2.17. The molecule has 36 heavy (non-hydrogen) atoms. The number of halogens is 1. The number of nitrogens with one attached hydrogen (secondary N) is 1. The van der Waals surface area contributed by atoms with Crippen LogP contribution >= 0.6 is 15.9 Å². The lowest BCUT2D eigenvalue weighted by molar-refractivity contribution is 0.0949. The van der Waals surface area contributed by atoms with Gasteiger partial charge in [0, 0.05) is 10.0 Å². The number of carbonyl (C=O) groups is 1. The van der Waals surface area contributed by atoms with Crippen LogP contribution in [0.15, 0.2) is 119 Å². The highest BCUT2D eigenvalue weighted by atomic mass is 79.9. The van der Waals surface area contributed by atoms with E-state index >= 15 is 0 Å². The van der Waals surface area contributed by atoms with Gasteiger partial charge in [-0.25, -0.2) is 10.1 Å². The van der Waals surface area contributed by atoms with Gasteiger partial charge in [0.05, 0.1) is 17.6 Å². The maximum Gasteiger partial charge on any atom is 0.291 e. The fourth-order valence-electron chi connectivity index (χ4n) is 3.85. The normalized spacial score (nSPS) is 11.1. The molecule has 1 heterocycles. The molecule has 1 amide bonds. The fraction of sp³-hybridized carbons (Fsp3) is 0.0333. The van der Waals surface area contributed by atoms with E-state index in [1.807, 2.05) is 73.7 Å². The molecule has 0 saturated heterocycles. The fourth-order valence-corrected chi connectivity index (χ4v) is 4.27. The van der Waals surface area contributed by atoms with E-state index < -0.39 is 0 Å². The van der Waals surface area contributed by atoms with Crippen LogP contribution in [0, 0.1) is 6.92 Å². The van der Waals surface area contributed by atoms with Crippen LogP contribution in [0.5, 0.6) is 0 Å². The summed E-state index contributed by atoms with van der Waals surface area (Å²) < 4.78 is 2.74. The molecule has 0 unspecified atom stereocenters. The Kier molecular flexibility index (Phi) is 6.87. The van der Waals surface area contributed by atoms with Crippen molar-refractivity contribution in [3.63, 3.8) is 0 Å². The number of nitrogens with zero attached hydrogens (tertiary/aromatic N) is 3. The third kappa shape index (κ3) is 5.34. The zero-order valence-corrected chi connectivity index (χ0v) is 21.2. The molecule has 0 bridgehead atoms. The van der Waals surface area contributed by atoms with Crippen LogP contribution in [0.2, 0.25) is 0 Å². The van der Waals surface area contributed by atoms with Gasteiger partial charge in [-0.3, -0.25) is 4.79 Å². The number of aromatic nitrogens is 2. The summed E-state index contributed by atoms with van der Waals surface area (Å²) in [5, 5.41) is 8.74. The summed E-state index contributed by atoms with van der Waals surface area (Å²) in [6.45, 7) is 2.04. The molecule has 6 heteroatoms. The molecule has 0 atom stereocenters. The molecule has 5 rings (SSSR count). The molecule has 0 saturated carbocycles. The molecule has 0 radical (unpaired) electrons. The lowest BCUT2D eigenvalue weighted by Gasteiger charge is -2.09. The first-order chi connectivity index (χ1) is 17.6. The zero-order valence-electron chi connectivity index (χ0n) is 19.6. The van der Waals surface area contributed by atoms with Gasteiger partial charge < -0.3 is 0 Å². The largest absolute Gasteiger partial charge is 0.291 e. The van der Waals surface area contributed by atoms with Crippen LogP contribution in [-0.2, 0) is 0 Å². The number of rotatable bonds is 6. The molecule has 1 aromatic heterocycles. The van der Waals surface area contributed by atoms with Gasteiger partial charge in [0.2, 0.25) is 0 Å². The molecule has 0 aliphatic heterocycles. The van der Waals surface area contributed by atoms with Gasteiger partial charge in [-0.05, 0) is 53.9 Å². The van der Waals surface area contributed by atoms with Crippen molar-refractivity contribution in [1.82, 2.24) is 15.2 Å². The number of carbonyl (C=O) groups excluding carboxylic acids is 1. The first-order valence-corrected chi connectivity index (χ1v) is 12.3. The number of aryl methyl sites for hydroxylation is 1. The Morgan fingerprint density at radius 1 is 0.833 bits per heavy atom. The summed E-state index contributed by atoms with van der Waals surface area (Å²) in [6.07, 6.45) is 1.60. The topological polar surface area (TPSA) is 59.3 Å². The van der Waals surface area contributed by atoms with Crippen LogP contribution in [-0.4, -0.2) is 21.9 Å². The average molecular weight is 535 g/mol. The molecule has 176 valence electrons. The number of hydrogen-bond acceptors (Lipinski definition) is 3. The van der Waals surface area contributed by atoms with Gasteiger partial charge in [-0.15, -0.1) is 0 Å². The third-order valence-electron chi connectivity index (χ3n) is 5.74. The summed E-state index contributed by atoms with van der Waals surface area (Å²) in [6, 6.07) is 36.0. The van der Waals surface area contributed by atoms with Crippen LogP contribution < -0.4 is 5.43 Å². The Balaban J connectivity index is 1.46. The van der Waals surface area contributed by atoms with Crippen LogP contribution in [0.25, 0.3) is 28.1 Å². The predicted molar refractivity (Wildman–Crippen MR) is 148 cm³/mol. The van der Waals surface area contributed by atoms with E-state index in [2.05, 4.69) is 68.0 Å². The second-order valence-corrected chi connectivity index (χ2v) is 9.28. The lowest BCUT2D eigenvalue weighted by Crippen LogP contribution is -2.18. The van der Waals surface area contributed by atoms with Crippen molar-refractivity contribution < 1.29 is 4.79 Å². The molecule has 5 aromatic rings. The molecular weight excluding hydrogens is 512 g/mol. The Bertz CT molecular complexity index is 1520. The van der Waals surface area contributed by atoms with Gasteiger partial charge in [0.25, 0.3) is 5.91 Å². The molecule has 1 N–H and O–H groups in total. The second kappa shape index (κ2) is 10.5. The first kappa shape index (κ1) is 23.5. The highest BCUT2D eigenvalue weighted by Crippen LogP contribution is 2.27. The van der Waals surface area contributed by atoms with Crippen molar-refractivity contribution in [2.24, 2.45) is 5.10 Å². The Morgan fingerprint density at radius 3 is 2.25 bits per heavy atom. The van der Waals surface area contributed by atoms with Crippen LogP contribution in [0.1, 0.15) is 21.6 Å². The smallest absolute Gasteiger partial charge is 0.265 e. The van der Waals surface area contributed by atoms with E-state index in [0.29, 0.717) is 0 Å². The van der Waals surface area contributed by atoms with Gasteiger partial charge in [0.1, 0.15) is 0 Å². The molecular formula is C30H23BrN4O. The standard InChI is InChI=1S/C30H23BrN4O/c1-21-10-16-27(17-11-21)35-29(25-14-12-24(13-15-25)23-7-3-2-4-8-23)19-28(34-35)30(36)33-32-20-22-6-5-9-26(31)18-22/h2-20H,1H3,(H,33,36)/b32-20-. The minimum atomic E-state index is -0.380. The minimum absolute atomic E-state index is 0.282.